The van der Waals surface area contributed by atoms with Gasteiger partial charge in [-0.1, -0.05) is 61.0 Å². The molecule has 152 valence electrons. The van der Waals surface area contributed by atoms with Crippen LogP contribution in [0.25, 0.3) is 16.5 Å². The van der Waals surface area contributed by atoms with Gasteiger partial charge in [0.1, 0.15) is 0 Å². The number of hydrogen-bond donors (Lipinski definition) is 1. The molecule has 1 heterocycles. The highest BCUT2D eigenvalue weighted by atomic mass is 15.0. The van der Waals surface area contributed by atoms with Gasteiger partial charge < -0.3 is 9.88 Å². The van der Waals surface area contributed by atoms with E-state index in [2.05, 4.69) is 88.5 Å². The summed E-state index contributed by atoms with van der Waals surface area (Å²) >= 11 is 0. The van der Waals surface area contributed by atoms with E-state index in [1.807, 2.05) is 18.7 Å². The third kappa shape index (κ3) is 3.90. The van der Waals surface area contributed by atoms with Crippen molar-refractivity contribution in [1.29, 1.82) is 0 Å². The highest BCUT2D eigenvalue weighted by molar-refractivity contribution is 5.86. The lowest BCUT2D eigenvalue weighted by Crippen LogP contribution is -2.35. The van der Waals surface area contributed by atoms with Gasteiger partial charge in [0.15, 0.2) is 0 Å². The zero-order valence-electron chi connectivity index (χ0n) is 17.5. The lowest BCUT2D eigenvalue weighted by atomic mass is 9.81. The van der Waals surface area contributed by atoms with Crippen molar-refractivity contribution in [3.63, 3.8) is 0 Å². The molecule has 1 N–H and O–H groups in total. The second kappa shape index (κ2) is 8.45. The number of nitrogens with one attached hydrogen (secondary N) is 1. The smallest absolute Gasteiger partial charge is 0.0991 e. The first kappa shape index (κ1) is 19.1. The van der Waals surface area contributed by atoms with Crippen LogP contribution >= 0.6 is 0 Å². The molecule has 3 atom stereocenters. The van der Waals surface area contributed by atoms with Gasteiger partial charge in [0.25, 0.3) is 0 Å². The van der Waals surface area contributed by atoms with Gasteiger partial charge in [-0.2, -0.15) is 0 Å². The van der Waals surface area contributed by atoms with Crippen molar-refractivity contribution >= 4 is 10.8 Å². The van der Waals surface area contributed by atoms with E-state index in [1.54, 1.807) is 0 Å². The fraction of sp³-hybridized carbons (Fsp3) is 0.296. The van der Waals surface area contributed by atoms with Crippen molar-refractivity contribution < 1.29 is 0 Å². The Hall–Kier alpha value is -2.91. The van der Waals surface area contributed by atoms with Crippen LogP contribution in [0.1, 0.15) is 55.7 Å². The fourth-order valence-electron chi connectivity index (χ4n) is 5.05. The molecule has 1 aromatic heterocycles. The van der Waals surface area contributed by atoms with Crippen LogP contribution in [0, 0.1) is 0 Å². The minimum atomic E-state index is 0.350. The Kier molecular flexibility index (Phi) is 5.37. The van der Waals surface area contributed by atoms with E-state index in [1.165, 1.54) is 53.3 Å². The summed E-state index contributed by atoms with van der Waals surface area (Å²) in [6.07, 6.45) is 10.7. The fourth-order valence-corrected chi connectivity index (χ4v) is 5.05. The van der Waals surface area contributed by atoms with Crippen LogP contribution in [0.3, 0.4) is 0 Å². The minimum absolute atomic E-state index is 0.350. The average molecular weight is 396 g/mol. The molecule has 3 heteroatoms. The van der Waals surface area contributed by atoms with Gasteiger partial charge in [-0.25, -0.2) is 4.98 Å². The average Bonchev–Trinajstić information content (AvgIpc) is 3.34. The molecule has 1 aliphatic carbocycles. The number of nitrogens with zero attached hydrogens (tertiary/aromatic N) is 2. The first-order valence-corrected chi connectivity index (χ1v) is 11.1. The van der Waals surface area contributed by atoms with E-state index in [-0.39, 0.29) is 0 Å². The van der Waals surface area contributed by atoms with E-state index in [0.717, 1.165) is 0 Å². The molecule has 5 rings (SSSR count). The third-order valence-corrected chi connectivity index (χ3v) is 6.62. The summed E-state index contributed by atoms with van der Waals surface area (Å²) in [7, 11) is 0. The number of hydrogen-bond acceptors (Lipinski definition) is 2. The highest BCUT2D eigenvalue weighted by Crippen LogP contribution is 2.35. The molecule has 0 amide bonds. The molecular formula is C27H29N3. The van der Waals surface area contributed by atoms with E-state index in [0.29, 0.717) is 18.0 Å². The zero-order valence-corrected chi connectivity index (χ0v) is 17.5. The molecule has 4 aromatic rings. The quantitative estimate of drug-likeness (QED) is 0.423. The second-order valence-corrected chi connectivity index (χ2v) is 8.58. The third-order valence-electron chi connectivity index (χ3n) is 6.62. The van der Waals surface area contributed by atoms with Crippen LogP contribution in [0.4, 0.5) is 0 Å². The van der Waals surface area contributed by atoms with Crippen LogP contribution in [0.2, 0.25) is 0 Å². The lowest BCUT2D eigenvalue weighted by molar-refractivity contribution is 0.319. The van der Waals surface area contributed by atoms with E-state index >= 15 is 0 Å². The van der Waals surface area contributed by atoms with Crippen LogP contribution in [-0.4, -0.2) is 15.6 Å². The van der Waals surface area contributed by atoms with Gasteiger partial charge in [-0.05, 0) is 66.1 Å². The standard InChI is InChI=1S/C27H29N3/c1-20(26-11-5-7-22-6-2-3-10-27(22)26)29-24-9-4-8-23(18-24)21-12-14-25(15-13-21)30-17-16-28-19-30/h2-3,5-7,10-17,19-20,23-24,29H,4,8-9,18H2,1H3. The Balaban J connectivity index is 1.28. The van der Waals surface area contributed by atoms with Crippen molar-refractivity contribution in [2.45, 2.75) is 50.6 Å². The van der Waals surface area contributed by atoms with Crippen molar-refractivity contribution in [3.05, 3.63) is 96.6 Å². The molecule has 3 nitrogen and oxygen atoms in total. The first-order valence-electron chi connectivity index (χ1n) is 11.1. The number of benzene rings is 3. The maximum absolute atomic E-state index is 4.15. The SMILES string of the molecule is CC(NC1CCCC(c2ccc(-n3ccnc3)cc2)C1)c1cccc2ccccc12. The molecule has 30 heavy (non-hydrogen) atoms. The lowest BCUT2D eigenvalue weighted by Gasteiger charge is -2.32. The zero-order chi connectivity index (χ0) is 20.3. The molecule has 3 aromatic carbocycles. The van der Waals surface area contributed by atoms with Crippen molar-refractivity contribution in [3.8, 4) is 5.69 Å². The Morgan fingerprint density at radius 1 is 0.967 bits per heavy atom. The van der Waals surface area contributed by atoms with Gasteiger partial charge in [-0.15, -0.1) is 0 Å². The number of rotatable bonds is 5. The predicted molar refractivity (Wildman–Crippen MR) is 124 cm³/mol. The number of aromatic nitrogens is 2. The Bertz CT molecular complexity index is 1090. The van der Waals surface area contributed by atoms with Crippen LogP contribution in [0.5, 0.6) is 0 Å². The van der Waals surface area contributed by atoms with E-state index < -0.39 is 0 Å². The van der Waals surface area contributed by atoms with Crippen LogP contribution in [0.15, 0.2) is 85.5 Å². The maximum Gasteiger partial charge on any atom is 0.0991 e. The minimum Gasteiger partial charge on any atom is -0.307 e. The van der Waals surface area contributed by atoms with Crippen molar-refractivity contribution in [2.24, 2.45) is 0 Å². The summed E-state index contributed by atoms with van der Waals surface area (Å²) in [5.74, 6) is 0.632. The molecule has 0 bridgehead atoms. The van der Waals surface area contributed by atoms with Gasteiger partial charge in [0, 0.05) is 30.2 Å². The normalized spacial score (nSPS) is 20.3. The van der Waals surface area contributed by atoms with Crippen LogP contribution in [-0.2, 0) is 0 Å². The molecule has 0 saturated heterocycles. The van der Waals surface area contributed by atoms with Crippen molar-refractivity contribution in [2.75, 3.05) is 0 Å². The second-order valence-electron chi connectivity index (χ2n) is 8.58. The molecule has 1 aliphatic rings. The molecule has 0 radical (unpaired) electrons. The molecular weight excluding hydrogens is 366 g/mol. The van der Waals surface area contributed by atoms with Crippen LogP contribution < -0.4 is 5.32 Å². The Morgan fingerprint density at radius 3 is 2.63 bits per heavy atom. The van der Waals surface area contributed by atoms with Gasteiger partial charge in [-0.3, -0.25) is 0 Å². The van der Waals surface area contributed by atoms with Gasteiger partial charge in [0.05, 0.1) is 6.33 Å². The summed E-state index contributed by atoms with van der Waals surface area (Å²) in [4.78, 5) is 4.15. The Labute approximate surface area is 178 Å². The monoisotopic (exact) mass is 395 g/mol. The molecule has 1 fully saturated rings. The number of fused-ring (bicyclic) bond motifs is 1. The largest absolute Gasteiger partial charge is 0.307 e. The Morgan fingerprint density at radius 2 is 1.80 bits per heavy atom. The highest BCUT2D eigenvalue weighted by Gasteiger charge is 2.25. The predicted octanol–water partition coefficient (Wildman–Crippen LogP) is 6.40. The first-order chi connectivity index (χ1) is 14.8. The maximum atomic E-state index is 4.15. The number of imidazole rings is 1. The van der Waals surface area contributed by atoms with Gasteiger partial charge in [0.2, 0.25) is 0 Å². The molecule has 3 unspecified atom stereocenters. The van der Waals surface area contributed by atoms with Crippen molar-refractivity contribution in [1.82, 2.24) is 14.9 Å². The molecule has 0 spiro atoms. The summed E-state index contributed by atoms with van der Waals surface area (Å²) in [5.41, 5.74) is 4.04. The van der Waals surface area contributed by atoms with E-state index in [4.69, 9.17) is 0 Å². The topological polar surface area (TPSA) is 29.9 Å². The molecule has 0 aliphatic heterocycles. The summed E-state index contributed by atoms with van der Waals surface area (Å²) in [6.45, 7) is 2.31. The summed E-state index contributed by atoms with van der Waals surface area (Å²) in [6, 6.07) is 25.3. The van der Waals surface area contributed by atoms with Gasteiger partial charge >= 0.3 is 0 Å². The summed E-state index contributed by atoms with van der Waals surface area (Å²) < 4.78 is 2.06. The molecule has 1 saturated carbocycles. The summed E-state index contributed by atoms with van der Waals surface area (Å²) in [5, 5.41) is 6.63. The van der Waals surface area contributed by atoms with E-state index in [9.17, 15) is 0 Å².